The monoisotopic (exact) mass is 878 g/mol. The minimum atomic E-state index is -1.58. The van der Waals surface area contributed by atoms with Crippen LogP contribution in [0.4, 0.5) is 4.39 Å². The van der Waals surface area contributed by atoms with Gasteiger partial charge in [0.25, 0.3) is 11.8 Å². The molecule has 5 heterocycles. The molecule has 4 fully saturated rings. The normalized spacial score (nSPS) is 24.4. The van der Waals surface area contributed by atoms with Crippen molar-refractivity contribution in [3.05, 3.63) is 63.7 Å². The van der Waals surface area contributed by atoms with Crippen LogP contribution in [0.25, 0.3) is 21.8 Å². The molecule has 3 saturated heterocycles. The van der Waals surface area contributed by atoms with Crippen LogP contribution in [0.15, 0.2) is 41.3 Å². The van der Waals surface area contributed by atoms with Gasteiger partial charge in [0.1, 0.15) is 18.4 Å². The number of nitrogens with one attached hydrogen (secondary N) is 2. The Morgan fingerprint density at radius 2 is 1.80 bits per heavy atom. The predicted octanol–water partition coefficient (Wildman–Crippen LogP) is 4.36. The van der Waals surface area contributed by atoms with Crippen molar-refractivity contribution in [2.24, 2.45) is 30.5 Å². The van der Waals surface area contributed by atoms with Gasteiger partial charge in [0.15, 0.2) is 6.17 Å². The van der Waals surface area contributed by atoms with Crippen molar-refractivity contribution in [3.63, 3.8) is 0 Å². The number of benzene rings is 2. The maximum absolute atomic E-state index is 14.7. The number of fused-ring (bicyclic) bond motifs is 2. The van der Waals surface area contributed by atoms with E-state index in [1.165, 1.54) is 7.11 Å². The van der Waals surface area contributed by atoms with Crippen molar-refractivity contribution in [1.82, 2.24) is 34.6 Å². The lowest BCUT2D eigenvalue weighted by atomic mass is 9.81. The second kappa shape index (κ2) is 19.1. The molecule has 4 amide bonds. The predicted molar refractivity (Wildman–Crippen MR) is 239 cm³/mol. The van der Waals surface area contributed by atoms with Crippen LogP contribution in [-0.4, -0.2) is 106 Å². The first-order valence-electron chi connectivity index (χ1n) is 22.7. The Balaban J connectivity index is 0.865. The summed E-state index contributed by atoms with van der Waals surface area (Å²) in [4.78, 5) is 72.1. The lowest BCUT2D eigenvalue weighted by Crippen LogP contribution is -2.44. The van der Waals surface area contributed by atoms with Crippen LogP contribution >= 0.6 is 0 Å². The number of rotatable bonds is 13. The molecule has 1 aliphatic carbocycles. The summed E-state index contributed by atoms with van der Waals surface area (Å²) in [6.07, 6.45) is 8.07. The fourth-order valence-corrected chi connectivity index (χ4v) is 10.5. The molecule has 0 spiro atoms. The number of piperidine rings is 2. The number of nitrogens with zero attached hydrogens (tertiary/aromatic N) is 5. The van der Waals surface area contributed by atoms with Crippen LogP contribution in [0.2, 0.25) is 0 Å². The Morgan fingerprint density at radius 1 is 1.03 bits per heavy atom. The number of carbonyl (C=O) groups excluding carboxylic acids is 4. The third-order valence-electron chi connectivity index (χ3n) is 14.0. The lowest BCUT2D eigenvalue weighted by molar-refractivity contribution is -0.135. The molecule has 340 valence electrons. The summed E-state index contributed by atoms with van der Waals surface area (Å²) in [5.74, 6) is 5.69. The van der Waals surface area contributed by atoms with Crippen LogP contribution < -0.4 is 31.5 Å². The number of pyridine rings is 1. The first kappa shape index (κ1) is 44.8. The van der Waals surface area contributed by atoms with Gasteiger partial charge in [-0.05, 0) is 101 Å². The van der Waals surface area contributed by atoms with Crippen molar-refractivity contribution in [1.29, 1.82) is 0 Å². The molecule has 1 unspecified atom stereocenters. The Bertz CT molecular complexity index is 2560. The third kappa shape index (κ3) is 9.10. The summed E-state index contributed by atoms with van der Waals surface area (Å²) in [5.41, 5.74) is 8.93. The Labute approximate surface area is 372 Å². The van der Waals surface area contributed by atoms with Crippen LogP contribution in [0, 0.1) is 29.6 Å². The zero-order chi connectivity index (χ0) is 45.2. The number of likely N-dealkylation sites (tertiary alicyclic amines) is 1. The number of amides is 4. The van der Waals surface area contributed by atoms with Crippen LogP contribution in [0.1, 0.15) is 98.7 Å². The van der Waals surface area contributed by atoms with Gasteiger partial charge in [-0.3, -0.25) is 38.5 Å². The minimum absolute atomic E-state index is 0.0370. The average molecular weight is 879 g/mol. The SMILES string of the molecule is CCC[C@@H]1[C@H](F)C(=O)N[C@@H]1COc1ncc(C#CC2CCC(CN(C)C3CCN(Cc4cccc5c4n(C)c(=O)n5C4CCC(=O)NC4=O)CC3)CC2)c2cc(C(N)=O)c(OC)cc12. The fourth-order valence-electron chi connectivity index (χ4n) is 10.5. The van der Waals surface area contributed by atoms with Crippen molar-refractivity contribution in [2.75, 3.05) is 40.4 Å². The van der Waals surface area contributed by atoms with Gasteiger partial charge in [-0.25, -0.2) is 14.2 Å². The average Bonchev–Trinajstić information content (AvgIpc) is 3.71. The number of aromatic nitrogens is 3. The van der Waals surface area contributed by atoms with Crippen LogP contribution in [0.5, 0.6) is 11.6 Å². The van der Waals surface area contributed by atoms with Gasteiger partial charge >= 0.3 is 5.69 Å². The van der Waals surface area contributed by atoms with E-state index in [-0.39, 0.29) is 47.7 Å². The van der Waals surface area contributed by atoms with Crippen molar-refractivity contribution < 1.29 is 33.0 Å². The molecular formula is C48H59FN8O7. The number of alkyl halides is 1. The number of imide groups is 1. The standard InChI is InChI=1S/C48H59FN8O7/c1-5-7-33-37(52-46(61)42(33)49)27-64-47-35-23-40(63-4)36(44(50)59)22-34(35)30(24-51-47)15-14-28-10-12-29(13-11-28)25-54(2)32-18-20-56(21-19-32)26-31-8-6-9-38-43(31)55(3)48(62)57(38)39-16-17-41(58)53-45(39)60/h6,8-9,22-24,28-29,32-33,37,39,42H,5,7,10-13,16-21,25-27H2,1-4H3,(H2,50,59)(H,52,61)(H,53,58,60)/t28?,29?,33-,37+,39?,42-/m0/s1. The summed E-state index contributed by atoms with van der Waals surface area (Å²) in [6.45, 7) is 5.61. The third-order valence-corrected chi connectivity index (χ3v) is 14.0. The molecule has 64 heavy (non-hydrogen) atoms. The number of hydrogen-bond acceptors (Lipinski definition) is 10. The number of imidazole rings is 1. The number of hydrogen-bond donors (Lipinski definition) is 3. The molecule has 2 aromatic heterocycles. The van der Waals surface area contributed by atoms with E-state index in [1.54, 1.807) is 34.5 Å². The first-order valence-corrected chi connectivity index (χ1v) is 22.7. The fraction of sp³-hybridized carbons (Fsp3) is 0.542. The van der Waals surface area contributed by atoms with Gasteiger partial charge in [-0.15, -0.1) is 0 Å². The largest absolute Gasteiger partial charge is 0.496 e. The molecule has 2 aromatic carbocycles. The van der Waals surface area contributed by atoms with Gasteiger partial charge in [0.2, 0.25) is 17.7 Å². The smallest absolute Gasteiger partial charge is 0.329 e. The zero-order valence-corrected chi connectivity index (χ0v) is 37.2. The van der Waals surface area contributed by atoms with E-state index in [9.17, 15) is 28.4 Å². The molecule has 8 rings (SSSR count). The second-order valence-corrected chi connectivity index (χ2v) is 18.1. The number of carbonyl (C=O) groups is 4. The number of para-hydroxylation sites is 1. The van der Waals surface area contributed by atoms with E-state index in [0.29, 0.717) is 53.2 Å². The molecule has 0 bridgehead atoms. The van der Waals surface area contributed by atoms with Crippen LogP contribution in [-0.2, 0) is 28.0 Å². The first-order chi connectivity index (χ1) is 30.8. The minimum Gasteiger partial charge on any atom is -0.496 e. The highest BCUT2D eigenvalue weighted by molar-refractivity contribution is 6.03. The van der Waals surface area contributed by atoms with Crippen molar-refractivity contribution >= 4 is 45.4 Å². The molecular weight excluding hydrogens is 820 g/mol. The molecule has 1 saturated carbocycles. The molecule has 4 aromatic rings. The maximum atomic E-state index is 14.7. The van der Waals surface area contributed by atoms with E-state index >= 15 is 0 Å². The van der Waals surface area contributed by atoms with Gasteiger partial charge in [0.05, 0.1) is 35.3 Å². The van der Waals surface area contributed by atoms with E-state index < -0.39 is 41.9 Å². The van der Waals surface area contributed by atoms with Crippen LogP contribution in [0.3, 0.4) is 0 Å². The number of aryl methyl sites for hydroxylation is 1. The lowest BCUT2D eigenvalue weighted by Gasteiger charge is -2.39. The molecule has 4 atom stereocenters. The van der Waals surface area contributed by atoms with E-state index in [0.717, 1.165) is 75.7 Å². The zero-order valence-electron chi connectivity index (χ0n) is 37.2. The Morgan fingerprint density at radius 3 is 2.50 bits per heavy atom. The van der Waals surface area contributed by atoms with Gasteiger partial charge in [-0.1, -0.05) is 37.3 Å². The quantitative estimate of drug-likeness (QED) is 0.129. The summed E-state index contributed by atoms with van der Waals surface area (Å²) in [6, 6.07) is 8.49. The highest BCUT2D eigenvalue weighted by Crippen LogP contribution is 2.35. The van der Waals surface area contributed by atoms with E-state index in [2.05, 4.69) is 50.4 Å². The summed E-state index contributed by atoms with van der Waals surface area (Å²) >= 11 is 0. The van der Waals surface area contributed by atoms with Crippen molar-refractivity contribution in [2.45, 2.75) is 102 Å². The number of halogens is 1. The number of primary amides is 1. The highest BCUT2D eigenvalue weighted by atomic mass is 19.1. The molecule has 4 N–H and O–H groups in total. The molecule has 16 heteroatoms. The summed E-state index contributed by atoms with van der Waals surface area (Å²) < 4.78 is 29.5. The van der Waals surface area contributed by atoms with Gasteiger partial charge < -0.3 is 25.4 Å². The summed E-state index contributed by atoms with van der Waals surface area (Å²) in [7, 11) is 5.45. The summed E-state index contributed by atoms with van der Waals surface area (Å²) in [5, 5.41) is 6.33. The van der Waals surface area contributed by atoms with Crippen molar-refractivity contribution in [3.8, 4) is 23.5 Å². The molecule has 3 aliphatic heterocycles. The number of ether oxygens (including phenoxy) is 2. The van der Waals surface area contributed by atoms with Gasteiger partial charge in [-0.2, -0.15) is 0 Å². The molecule has 4 aliphatic rings. The molecule has 0 radical (unpaired) electrons. The highest BCUT2D eigenvalue weighted by Gasteiger charge is 2.42. The topological polar surface area (TPSA) is 183 Å². The number of methoxy groups -OCH3 is 1. The molecule has 15 nitrogen and oxygen atoms in total. The number of nitrogens with two attached hydrogens (primary N) is 1. The Kier molecular flexibility index (Phi) is 13.4. The van der Waals surface area contributed by atoms with Gasteiger partial charge in [0, 0.05) is 61.4 Å². The second-order valence-electron chi connectivity index (χ2n) is 18.1. The maximum Gasteiger partial charge on any atom is 0.329 e. The Hall–Kier alpha value is -5.79. The van der Waals surface area contributed by atoms with E-state index in [1.807, 2.05) is 19.1 Å². The van der Waals surface area contributed by atoms with E-state index in [4.69, 9.17) is 15.2 Å².